The molecule has 0 aliphatic rings. The van der Waals surface area contributed by atoms with Gasteiger partial charge < -0.3 is 9.47 Å². The number of rotatable bonds is 7. The van der Waals surface area contributed by atoms with Crippen LogP contribution < -0.4 is 4.74 Å². The van der Waals surface area contributed by atoms with Gasteiger partial charge in [-0.2, -0.15) is 5.26 Å². The third-order valence-electron chi connectivity index (χ3n) is 3.50. The van der Waals surface area contributed by atoms with Crippen molar-refractivity contribution in [2.75, 3.05) is 7.11 Å². The molecular formula is C19H16BrNO4. The Kier molecular flexibility index (Phi) is 6.72. The first kappa shape index (κ1) is 18.7. The number of esters is 1. The first-order valence-corrected chi connectivity index (χ1v) is 8.34. The van der Waals surface area contributed by atoms with Crippen molar-refractivity contribution >= 4 is 27.7 Å². The van der Waals surface area contributed by atoms with Crippen LogP contribution in [0.4, 0.5) is 0 Å². The van der Waals surface area contributed by atoms with Gasteiger partial charge in [-0.15, -0.1) is 0 Å². The molecule has 0 spiro atoms. The average Bonchev–Trinajstić information content (AvgIpc) is 2.64. The first-order valence-electron chi connectivity index (χ1n) is 7.55. The van der Waals surface area contributed by atoms with Crippen molar-refractivity contribution in [3.8, 4) is 11.8 Å². The third kappa shape index (κ3) is 5.44. The Balaban J connectivity index is 1.86. The second-order valence-electron chi connectivity index (χ2n) is 5.24. The van der Waals surface area contributed by atoms with Gasteiger partial charge in [0.25, 0.3) is 0 Å². The van der Waals surface area contributed by atoms with Gasteiger partial charge in [0, 0.05) is 10.9 Å². The number of nitriles is 1. The van der Waals surface area contributed by atoms with E-state index in [0.717, 1.165) is 10.0 Å². The molecule has 0 atom stereocenters. The molecule has 0 radical (unpaired) electrons. The molecule has 0 unspecified atom stereocenters. The molecule has 6 heteroatoms. The number of ether oxygens (including phenoxy) is 2. The van der Waals surface area contributed by atoms with Crippen LogP contribution in [-0.2, 0) is 16.1 Å². The molecule has 2 aromatic rings. The molecular weight excluding hydrogens is 386 g/mol. The van der Waals surface area contributed by atoms with E-state index >= 15 is 0 Å². The smallest absolute Gasteiger partial charge is 0.306 e. The van der Waals surface area contributed by atoms with E-state index in [2.05, 4.69) is 15.9 Å². The van der Waals surface area contributed by atoms with Gasteiger partial charge in [0.2, 0.25) is 0 Å². The van der Waals surface area contributed by atoms with Crippen molar-refractivity contribution in [2.24, 2.45) is 0 Å². The maximum atomic E-state index is 12.3. The predicted molar refractivity (Wildman–Crippen MR) is 95.2 cm³/mol. The van der Waals surface area contributed by atoms with Crippen LogP contribution in [0.1, 0.15) is 34.3 Å². The number of methoxy groups -OCH3 is 1. The summed E-state index contributed by atoms with van der Waals surface area (Å²) in [6.45, 7) is 0.110. The topological polar surface area (TPSA) is 76.4 Å². The van der Waals surface area contributed by atoms with Gasteiger partial charge >= 0.3 is 5.97 Å². The number of carbonyl (C=O) groups is 2. The molecule has 0 fully saturated rings. The van der Waals surface area contributed by atoms with E-state index in [1.165, 1.54) is 7.11 Å². The summed E-state index contributed by atoms with van der Waals surface area (Å²) in [7, 11) is 1.49. The van der Waals surface area contributed by atoms with E-state index < -0.39 is 5.97 Å². The van der Waals surface area contributed by atoms with Gasteiger partial charge in [-0.05, 0) is 35.9 Å². The Hall–Kier alpha value is -2.65. The molecule has 25 heavy (non-hydrogen) atoms. The summed E-state index contributed by atoms with van der Waals surface area (Å²) in [6, 6.07) is 13.9. The van der Waals surface area contributed by atoms with Gasteiger partial charge in [0.1, 0.15) is 12.4 Å². The summed E-state index contributed by atoms with van der Waals surface area (Å²) in [4.78, 5) is 24.1. The Morgan fingerprint density at radius 1 is 1.12 bits per heavy atom. The van der Waals surface area contributed by atoms with E-state index in [-0.39, 0.29) is 25.2 Å². The van der Waals surface area contributed by atoms with Crippen LogP contribution in [0.2, 0.25) is 0 Å². The van der Waals surface area contributed by atoms with E-state index in [4.69, 9.17) is 14.7 Å². The fourth-order valence-electron chi connectivity index (χ4n) is 2.16. The summed E-state index contributed by atoms with van der Waals surface area (Å²) in [6.07, 6.45) is 0.0315. The number of carbonyl (C=O) groups excluding carboxylic acids is 2. The van der Waals surface area contributed by atoms with Crippen LogP contribution in [0.25, 0.3) is 0 Å². The zero-order valence-corrected chi connectivity index (χ0v) is 15.2. The van der Waals surface area contributed by atoms with Crippen molar-refractivity contribution in [3.63, 3.8) is 0 Å². The van der Waals surface area contributed by atoms with Crippen molar-refractivity contribution in [3.05, 3.63) is 63.6 Å². The van der Waals surface area contributed by atoms with Crippen molar-refractivity contribution in [2.45, 2.75) is 19.4 Å². The van der Waals surface area contributed by atoms with Gasteiger partial charge in [0.15, 0.2) is 5.78 Å². The predicted octanol–water partition coefficient (Wildman–Crippen LogP) is 4.04. The van der Waals surface area contributed by atoms with E-state index in [9.17, 15) is 9.59 Å². The highest BCUT2D eigenvalue weighted by Crippen LogP contribution is 2.24. The SMILES string of the molecule is COc1ccc(Br)cc1C(=O)CCC(=O)OCc1ccc(C#N)cc1. The molecule has 0 heterocycles. The Labute approximate surface area is 154 Å². The fourth-order valence-corrected chi connectivity index (χ4v) is 2.52. The van der Waals surface area contributed by atoms with Crippen LogP contribution in [0.3, 0.4) is 0 Å². The van der Waals surface area contributed by atoms with E-state index in [1.54, 1.807) is 42.5 Å². The molecule has 0 aliphatic carbocycles. The maximum absolute atomic E-state index is 12.3. The first-order chi connectivity index (χ1) is 12.0. The fraction of sp³-hybridized carbons (Fsp3) is 0.211. The van der Waals surface area contributed by atoms with Gasteiger partial charge in [-0.1, -0.05) is 28.1 Å². The Morgan fingerprint density at radius 2 is 1.84 bits per heavy atom. The van der Waals surface area contributed by atoms with Gasteiger partial charge in [-0.25, -0.2) is 0 Å². The summed E-state index contributed by atoms with van der Waals surface area (Å²) in [5.74, 6) is -0.167. The zero-order chi connectivity index (χ0) is 18.2. The standard InChI is InChI=1S/C19H16BrNO4/c1-24-18-8-6-15(20)10-16(18)17(22)7-9-19(23)25-12-14-4-2-13(11-21)3-5-14/h2-6,8,10H,7,9,12H2,1H3. The quantitative estimate of drug-likeness (QED) is 0.516. The number of halogens is 1. The number of nitrogens with zero attached hydrogens (tertiary/aromatic N) is 1. The van der Waals surface area contributed by atoms with Crippen LogP contribution >= 0.6 is 15.9 Å². The molecule has 2 rings (SSSR count). The minimum Gasteiger partial charge on any atom is -0.496 e. The molecule has 0 aromatic heterocycles. The van der Waals surface area contributed by atoms with Gasteiger partial charge in [-0.3, -0.25) is 9.59 Å². The lowest BCUT2D eigenvalue weighted by atomic mass is 10.1. The number of Topliss-reactive ketones (excluding diaryl/α,β-unsaturated/α-hetero) is 1. The lowest BCUT2D eigenvalue weighted by Crippen LogP contribution is -2.09. The summed E-state index contributed by atoms with van der Waals surface area (Å²) < 4.78 is 11.1. The third-order valence-corrected chi connectivity index (χ3v) is 3.99. The number of hydrogen-bond acceptors (Lipinski definition) is 5. The largest absolute Gasteiger partial charge is 0.496 e. The van der Waals surface area contributed by atoms with E-state index in [1.807, 2.05) is 6.07 Å². The summed E-state index contributed by atoms with van der Waals surface area (Å²) in [5, 5.41) is 8.74. The highest BCUT2D eigenvalue weighted by atomic mass is 79.9. The van der Waals surface area contributed by atoms with Crippen molar-refractivity contribution in [1.29, 1.82) is 5.26 Å². The van der Waals surface area contributed by atoms with Crippen LogP contribution in [0.5, 0.6) is 5.75 Å². The number of benzene rings is 2. The van der Waals surface area contributed by atoms with Gasteiger partial charge in [0.05, 0.1) is 30.7 Å². The molecule has 0 aliphatic heterocycles. The lowest BCUT2D eigenvalue weighted by molar-refractivity contribution is -0.144. The molecule has 0 amide bonds. The lowest BCUT2D eigenvalue weighted by Gasteiger charge is -2.08. The van der Waals surface area contributed by atoms with Crippen molar-refractivity contribution in [1.82, 2.24) is 0 Å². The molecule has 0 bridgehead atoms. The van der Waals surface area contributed by atoms with Crippen LogP contribution in [0, 0.1) is 11.3 Å². The molecule has 2 aromatic carbocycles. The monoisotopic (exact) mass is 401 g/mol. The Bertz CT molecular complexity index is 809. The summed E-state index contributed by atoms with van der Waals surface area (Å²) in [5.41, 5.74) is 1.76. The minimum absolute atomic E-state index is 0.00915. The maximum Gasteiger partial charge on any atom is 0.306 e. The minimum atomic E-state index is -0.452. The average molecular weight is 402 g/mol. The zero-order valence-electron chi connectivity index (χ0n) is 13.6. The molecule has 0 saturated heterocycles. The second kappa shape index (κ2) is 9.00. The molecule has 0 saturated carbocycles. The molecule has 5 nitrogen and oxygen atoms in total. The number of hydrogen-bond donors (Lipinski definition) is 0. The highest BCUT2D eigenvalue weighted by molar-refractivity contribution is 9.10. The molecule has 128 valence electrons. The van der Waals surface area contributed by atoms with Crippen LogP contribution in [-0.4, -0.2) is 18.9 Å². The molecule has 0 N–H and O–H groups in total. The van der Waals surface area contributed by atoms with Crippen LogP contribution in [0.15, 0.2) is 46.9 Å². The summed E-state index contributed by atoms with van der Waals surface area (Å²) >= 11 is 3.32. The highest BCUT2D eigenvalue weighted by Gasteiger charge is 2.15. The Morgan fingerprint density at radius 3 is 2.48 bits per heavy atom. The second-order valence-corrected chi connectivity index (χ2v) is 6.15. The van der Waals surface area contributed by atoms with Crippen molar-refractivity contribution < 1.29 is 19.1 Å². The normalized spacial score (nSPS) is 9.96. The van der Waals surface area contributed by atoms with E-state index in [0.29, 0.717) is 16.9 Å². The number of ketones is 1.